The van der Waals surface area contributed by atoms with Crippen LogP contribution in [0, 0.1) is 13.8 Å². The van der Waals surface area contributed by atoms with Crippen molar-refractivity contribution in [2.24, 2.45) is 0 Å². The fraction of sp³-hybridized carbons (Fsp3) is 0.0833. The average molecular weight is 438 g/mol. The van der Waals surface area contributed by atoms with Gasteiger partial charge < -0.3 is 10.2 Å². The second-order valence-electron chi connectivity index (χ2n) is 5.60. The maximum atomic E-state index is 8.81. The van der Waals surface area contributed by atoms with Gasteiger partial charge >= 0.3 is 26.2 Å². The molecule has 0 aliphatic heterocycles. The molecule has 2 N–H and O–H groups in total. The first-order chi connectivity index (χ1) is 12.6. The van der Waals surface area contributed by atoms with Gasteiger partial charge in [-0.25, -0.2) is 24.3 Å². The predicted octanol–water partition coefficient (Wildman–Crippen LogP) is 6.21. The third-order valence-corrected chi connectivity index (χ3v) is 3.11. The molecule has 0 fully saturated rings. The van der Waals surface area contributed by atoms with Gasteiger partial charge in [0.25, 0.3) is 0 Å². The minimum absolute atomic E-state index is 0. The number of aryl methyl sites for hydroxylation is 2. The van der Waals surface area contributed by atoms with Crippen molar-refractivity contribution in [2.75, 3.05) is 0 Å². The van der Waals surface area contributed by atoms with Crippen LogP contribution in [0.1, 0.15) is 11.1 Å². The minimum Gasteiger partial charge on any atom is -0.508 e. The Labute approximate surface area is 181 Å². The largest absolute Gasteiger partial charge is 2.00 e. The fourth-order valence-corrected chi connectivity index (χ4v) is 1.90. The van der Waals surface area contributed by atoms with Crippen LogP contribution in [-0.2, 0) is 26.2 Å². The number of hydrogen-bond acceptors (Lipinski definition) is 2. The summed E-state index contributed by atoms with van der Waals surface area (Å²) in [5.41, 5.74) is 2.18. The van der Waals surface area contributed by atoms with Crippen molar-refractivity contribution in [3.05, 3.63) is 120 Å². The molecule has 0 aliphatic carbocycles. The van der Waals surface area contributed by atoms with E-state index in [1.165, 1.54) is 0 Å². The van der Waals surface area contributed by atoms with E-state index in [1.807, 2.05) is 98.8 Å². The molecule has 0 aliphatic rings. The van der Waals surface area contributed by atoms with E-state index in [-0.39, 0.29) is 26.2 Å². The molecule has 4 aromatic rings. The Morgan fingerprint density at radius 2 is 0.889 bits per heavy atom. The second kappa shape index (κ2) is 15.8. The molecule has 0 bridgehead atoms. The van der Waals surface area contributed by atoms with E-state index in [4.69, 9.17) is 10.2 Å². The Morgan fingerprint density at radius 3 is 1.04 bits per heavy atom. The van der Waals surface area contributed by atoms with Crippen molar-refractivity contribution in [2.45, 2.75) is 13.8 Å². The molecule has 0 unspecified atom stereocenters. The van der Waals surface area contributed by atoms with Crippen molar-refractivity contribution in [1.29, 1.82) is 0 Å². The maximum absolute atomic E-state index is 8.81. The molecule has 27 heavy (non-hydrogen) atoms. The molecule has 3 heteroatoms. The van der Waals surface area contributed by atoms with Crippen LogP contribution in [0.3, 0.4) is 0 Å². The number of rotatable bonds is 0. The third-order valence-electron chi connectivity index (χ3n) is 3.11. The van der Waals surface area contributed by atoms with Crippen LogP contribution in [-0.4, -0.2) is 10.2 Å². The number of aromatic hydroxyl groups is 2. The van der Waals surface area contributed by atoms with Gasteiger partial charge in [0.1, 0.15) is 11.5 Å². The smallest absolute Gasteiger partial charge is 0.508 e. The van der Waals surface area contributed by atoms with Crippen LogP contribution >= 0.6 is 0 Å². The minimum atomic E-state index is 0. The van der Waals surface area contributed by atoms with Gasteiger partial charge in [0.15, 0.2) is 0 Å². The summed E-state index contributed by atoms with van der Waals surface area (Å²) in [6, 6.07) is 34.3. The first kappa shape index (κ1) is 24.6. The van der Waals surface area contributed by atoms with Crippen LogP contribution in [0.4, 0.5) is 0 Å². The molecule has 0 radical (unpaired) electrons. The molecular weight excluding hydrogens is 411 g/mol. The Balaban J connectivity index is 0.000000337. The second-order valence-corrected chi connectivity index (χ2v) is 5.60. The van der Waals surface area contributed by atoms with E-state index in [9.17, 15) is 0 Å². The van der Waals surface area contributed by atoms with Crippen molar-refractivity contribution in [3.63, 3.8) is 0 Å². The molecule has 0 saturated carbocycles. The quantitative estimate of drug-likeness (QED) is 0.321. The number of hydrogen-bond donors (Lipinski definition) is 2. The Hall–Kier alpha value is -2.38. The van der Waals surface area contributed by atoms with Crippen LogP contribution in [0.15, 0.2) is 109 Å². The van der Waals surface area contributed by atoms with Gasteiger partial charge in [0.2, 0.25) is 0 Å². The van der Waals surface area contributed by atoms with Gasteiger partial charge in [0, 0.05) is 0 Å². The molecular formula is C24H26O2Zr. The van der Waals surface area contributed by atoms with E-state index in [2.05, 4.69) is 0 Å². The van der Waals surface area contributed by atoms with E-state index >= 15 is 0 Å². The molecule has 0 heterocycles. The molecule has 0 spiro atoms. The van der Waals surface area contributed by atoms with E-state index in [0.29, 0.717) is 11.5 Å². The molecule has 0 aromatic heterocycles. The summed E-state index contributed by atoms with van der Waals surface area (Å²) >= 11 is 0. The normalized spacial score (nSPS) is 8.37. The number of benzene rings is 2. The fourth-order valence-electron chi connectivity index (χ4n) is 1.90. The van der Waals surface area contributed by atoms with Crippen molar-refractivity contribution in [1.82, 2.24) is 0 Å². The van der Waals surface area contributed by atoms with Gasteiger partial charge in [-0.2, -0.15) is 36.4 Å². The monoisotopic (exact) mass is 436 g/mol. The topological polar surface area (TPSA) is 40.5 Å². The maximum Gasteiger partial charge on any atom is 2.00 e. The van der Waals surface area contributed by atoms with Gasteiger partial charge in [-0.05, 0) is 49.2 Å². The summed E-state index contributed by atoms with van der Waals surface area (Å²) in [7, 11) is 0. The van der Waals surface area contributed by atoms with Crippen LogP contribution in [0.25, 0.3) is 0 Å². The zero-order valence-corrected chi connectivity index (χ0v) is 18.2. The molecule has 2 nitrogen and oxygen atoms in total. The van der Waals surface area contributed by atoms with Crippen molar-refractivity contribution >= 4 is 0 Å². The Kier molecular flexibility index (Phi) is 14.5. The first-order valence-electron chi connectivity index (χ1n) is 8.42. The van der Waals surface area contributed by atoms with Gasteiger partial charge in [-0.15, -0.1) is 0 Å². The van der Waals surface area contributed by atoms with Crippen molar-refractivity contribution in [3.8, 4) is 11.5 Å². The van der Waals surface area contributed by atoms with Gasteiger partial charge in [0.05, 0.1) is 0 Å². The van der Waals surface area contributed by atoms with E-state index in [1.54, 1.807) is 24.3 Å². The van der Waals surface area contributed by atoms with E-state index < -0.39 is 0 Å². The molecule has 0 saturated heterocycles. The van der Waals surface area contributed by atoms with Crippen LogP contribution in [0.5, 0.6) is 11.5 Å². The number of phenols is 2. The summed E-state index contributed by atoms with van der Waals surface area (Å²) in [5.74, 6) is 0.676. The standard InChI is InChI=1S/2C7H8O.2C5H5.Zr/c2*1-6-3-2-4-7(8)5-6;2*1-2-4-5-3-1;/h2*2-5,8H,1H3;2*1-5H;/q;;2*-1;+2. The van der Waals surface area contributed by atoms with Crippen molar-refractivity contribution < 1.29 is 36.4 Å². The predicted molar refractivity (Wildman–Crippen MR) is 110 cm³/mol. The summed E-state index contributed by atoms with van der Waals surface area (Å²) in [6.45, 7) is 3.89. The molecule has 0 amide bonds. The van der Waals surface area contributed by atoms with E-state index in [0.717, 1.165) is 11.1 Å². The van der Waals surface area contributed by atoms with Crippen LogP contribution in [0.2, 0.25) is 0 Å². The molecule has 138 valence electrons. The summed E-state index contributed by atoms with van der Waals surface area (Å²) in [6.07, 6.45) is 0. The zero-order chi connectivity index (χ0) is 19.0. The SMILES string of the molecule is Cc1cccc(O)c1.Cc1cccc(O)c1.[Zr+2].c1cc[cH-]c1.c1cc[cH-]c1. The summed E-state index contributed by atoms with van der Waals surface area (Å²) < 4.78 is 0. The average Bonchev–Trinajstić information content (AvgIpc) is 3.34. The van der Waals surface area contributed by atoms with Gasteiger partial charge in [-0.1, -0.05) is 24.3 Å². The molecule has 4 rings (SSSR count). The van der Waals surface area contributed by atoms with Gasteiger partial charge in [-0.3, -0.25) is 0 Å². The van der Waals surface area contributed by atoms with Crippen LogP contribution < -0.4 is 0 Å². The summed E-state index contributed by atoms with van der Waals surface area (Å²) in [5, 5.41) is 17.6. The zero-order valence-electron chi connectivity index (χ0n) is 15.8. The third kappa shape index (κ3) is 14.5. The molecule has 4 aromatic carbocycles. The summed E-state index contributed by atoms with van der Waals surface area (Å²) in [4.78, 5) is 0. The Bertz CT molecular complexity index is 652. The molecule has 0 atom stereocenters. The Morgan fingerprint density at radius 1 is 0.556 bits per heavy atom. The first-order valence-corrected chi connectivity index (χ1v) is 8.42. The number of phenolic OH excluding ortho intramolecular Hbond substituents is 2.